The van der Waals surface area contributed by atoms with E-state index >= 15 is 0 Å². The van der Waals surface area contributed by atoms with Crippen molar-refractivity contribution in [1.29, 1.82) is 0 Å². The van der Waals surface area contributed by atoms with Gasteiger partial charge in [0.15, 0.2) is 9.84 Å². The molecule has 0 spiro atoms. The molecule has 0 bridgehead atoms. The molecule has 1 fully saturated rings. The van der Waals surface area contributed by atoms with Crippen LogP contribution in [0.15, 0.2) is 41.4 Å². The maximum atomic E-state index is 12.6. The lowest BCUT2D eigenvalue weighted by Gasteiger charge is -2.19. The van der Waals surface area contributed by atoms with Crippen molar-refractivity contribution in [2.45, 2.75) is 23.6 Å². The molecule has 1 unspecified atom stereocenters. The summed E-state index contributed by atoms with van der Waals surface area (Å²) in [6.45, 7) is 0.802. The third-order valence-corrected chi connectivity index (χ3v) is 5.53. The number of nitro groups is 1. The van der Waals surface area contributed by atoms with Gasteiger partial charge in [0.25, 0.3) is 5.69 Å². The van der Waals surface area contributed by atoms with Gasteiger partial charge in [-0.15, -0.1) is 0 Å². The minimum absolute atomic E-state index is 0.0466. The Morgan fingerprint density at radius 2 is 2.00 bits per heavy atom. The zero-order valence-electron chi connectivity index (χ0n) is 15.1. The SMILES string of the molecule is CS(=O)(=O)c1cc(N2CCC(Oc3ccc(C(F)(F)F)cn3)C2)ccc1[N+](=O)[O-]. The Labute approximate surface area is 164 Å². The van der Waals surface area contributed by atoms with Gasteiger partial charge in [-0.2, -0.15) is 13.2 Å². The summed E-state index contributed by atoms with van der Waals surface area (Å²) in [6.07, 6.45) is -2.75. The first kappa shape index (κ1) is 20.8. The molecule has 1 aliphatic heterocycles. The highest BCUT2D eigenvalue weighted by Gasteiger charge is 2.31. The molecule has 8 nitrogen and oxygen atoms in total. The first-order chi connectivity index (χ1) is 13.4. The number of anilines is 1. The van der Waals surface area contributed by atoms with Gasteiger partial charge in [0, 0.05) is 43.2 Å². The molecule has 0 amide bonds. The number of benzene rings is 1. The smallest absolute Gasteiger partial charge is 0.417 e. The van der Waals surface area contributed by atoms with E-state index in [1.807, 2.05) is 0 Å². The van der Waals surface area contributed by atoms with E-state index in [9.17, 15) is 31.7 Å². The van der Waals surface area contributed by atoms with Crippen molar-refractivity contribution in [2.75, 3.05) is 24.2 Å². The standard InChI is InChI=1S/C17H16F3N3O5S/c1-29(26,27)15-8-12(3-4-14(15)23(24)25)22-7-6-13(10-22)28-16-5-2-11(9-21-16)17(18,19)20/h2-5,8-9,13H,6-7,10H2,1H3. The van der Waals surface area contributed by atoms with E-state index in [4.69, 9.17) is 4.74 Å². The highest BCUT2D eigenvalue weighted by Crippen LogP contribution is 2.32. The first-order valence-corrected chi connectivity index (χ1v) is 10.3. The fourth-order valence-electron chi connectivity index (χ4n) is 2.99. The topological polar surface area (TPSA) is 103 Å². The van der Waals surface area contributed by atoms with Crippen molar-refractivity contribution in [1.82, 2.24) is 4.98 Å². The Balaban J connectivity index is 1.73. The maximum Gasteiger partial charge on any atom is 0.417 e. The minimum Gasteiger partial charge on any atom is -0.472 e. The van der Waals surface area contributed by atoms with E-state index < -0.39 is 32.2 Å². The largest absolute Gasteiger partial charge is 0.472 e. The summed E-state index contributed by atoms with van der Waals surface area (Å²) in [6, 6.07) is 5.85. The number of hydrogen-bond acceptors (Lipinski definition) is 7. The number of hydrogen-bond donors (Lipinski definition) is 0. The predicted molar refractivity (Wildman–Crippen MR) is 96.7 cm³/mol. The summed E-state index contributed by atoms with van der Waals surface area (Å²) in [5.74, 6) is 0.0466. The van der Waals surface area contributed by atoms with E-state index in [-0.39, 0.29) is 16.9 Å². The van der Waals surface area contributed by atoms with Gasteiger partial charge in [-0.3, -0.25) is 10.1 Å². The summed E-state index contributed by atoms with van der Waals surface area (Å²) in [4.78, 5) is 15.4. The predicted octanol–water partition coefficient (Wildman–Crippen LogP) is 3.07. The number of ether oxygens (including phenoxy) is 1. The Bertz CT molecular complexity index is 1030. The third-order valence-electron chi connectivity index (χ3n) is 4.40. The molecule has 1 aromatic heterocycles. The summed E-state index contributed by atoms with van der Waals surface area (Å²) >= 11 is 0. The number of halogens is 3. The quantitative estimate of drug-likeness (QED) is 0.529. The maximum absolute atomic E-state index is 12.6. The number of alkyl halides is 3. The van der Waals surface area contributed by atoms with Crippen molar-refractivity contribution in [3.05, 3.63) is 52.2 Å². The van der Waals surface area contributed by atoms with Crippen molar-refractivity contribution in [2.24, 2.45) is 0 Å². The van der Waals surface area contributed by atoms with Gasteiger partial charge in [0.05, 0.1) is 17.0 Å². The molecular weight excluding hydrogens is 415 g/mol. The molecule has 3 rings (SSSR count). The number of rotatable bonds is 5. The first-order valence-electron chi connectivity index (χ1n) is 8.38. The van der Waals surface area contributed by atoms with Crippen LogP contribution in [-0.4, -0.2) is 43.8 Å². The normalized spacial score (nSPS) is 17.4. The third kappa shape index (κ3) is 4.75. The van der Waals surface area contributed by atoms with Crippen molar-refractivity contribution in [3.63, 3.8) is 0 Å². The number of aromatic nitrogens is 1. The number of sulfone groups is 1. The molecule has 2 heterocycles. The number of nitrogens with zero attached hydrogens (tertiary/aromatic N) is 3. The molecule has 1 saturated heterocycles. The van der Waals surface area contributed by atoms with Crippen LogP contribution in [0.1, 0.15) is 12.0 Å². The van der Waals surface area contributed by atoms with Gasteiger partial charge in [0.1, 0.15) is 11.0 Å². The minimum atomic E-state index is -4.48. The lowest BCUT2D eigenvalue weighted by molar-refractivity contribution is -0.387. The van der Waals surface area contributed by atoms with E-state index in [2.05, 4.69) is 4.98 Å². The molecule has 0 radical (unpaired) electrons. The molecule has 0 saturated carbocycles. The molecule has 29 heavy (non-hydrogen) atoms. The Morgan fingerprint density at radius 1 is 1.28 bits per heavy atom. The molecule has 1 aromatic carbocycles. The highest BCUT2D eigenvalue weighted by molar-refractivity contribution is 7.90. The molecule has 2 aromatic rings. The van der Waals surface area contributed by atoms with Crippen LogP contribution in [0.25, 0.3) is 0 Å². The van der Waals surface area contributed by atoms with Gasteiger partial charge >= 0.3 is 6.18 Å². The Kier molecular flexibility index (Phi) is 5.39. The van der Waals surface area contributed by atoms with E-state index in [1.165, 1.54) is 12.1 Å². The second-order valence-corrected chi connectivity index (χ2v) is 8.52. The fraction of sp³-hybridized carbons (Fsp3) is 0.353. The van der Waals surface area contributed by atoms with Gasteiger partial charge in [-0.1, -0.05) is 0 Å². The molecule has 156 valence electrons. The van der Waals surface area contributed by atoms with Crippen LogP contribution in [0.5, 0.6) is 5.88 Å². The second kappa shape index (κ2) is 7.50. The lowest BCUT2D eigenvalue weighted by atomic mass is 10.2. The van der Waals surface area contributed by atoms with Crippen LogP contribution in [0.4, 0.5) is 24.5 Å². The van der Waals surface area contributed by atoms with Gasteiger partial charge < -0.3 is 9.64 Å². The van der Waals surface area contributed by atoms with Crippen LogP contribution in [-0.2, 0) is 16.0 Å². The summed E-state index contributed by atoms with van der Waals surface area (Å²) in [5.41, 5.74) is -0.906. The van der Waals surface area contributed by atoms with Crippen LogP contribution in [0, 0.1) is 10.1 Å². The van der Waals surface area contributed by atoms with Crippen LogP contribution < -0.4 is 9.64 Å². The number of nitro benzene ring substituents is 1. The Morgan fingerprint density at radius 3 is 2.55 bits per heavy atom. The highest BCUT2D eigenvalue weighted by atomic mass is 32.2. The lowest BCUT2D eigenvalue weighted by Crippen LogP contribution is -2.25. The van der Waals surface area contributed by atoms with Crippen molar-refractivity contribution < 1.29 is 31.2 Å². The average molecular weight is 431 g/mol. The number of pyridine rings is 1. The van der Waals surface area contributed by atoms with Gasteiger partial charge in [-0.05, 0) is 18.2 Å². The molecule has 1 atom stereocenters. The van der Waals surface area contributed by atoms with Crippen molar-refractivity contribution in [3.8, 4) is 5.88 Å². The second-order valence-electron chi connectivity index (χ2n) is 6.54. The summed E-state index contributed by atoms with van der Waals surface area (Å²) in [7, 11) is -3.81. The van der Waals surface area contributed by atoms with Crippen LogP contribution in [0.3, 0.4) is 0 Å². The molecule has 0 N–H and O–H groups in total. The van der Waals surface area contributed by atoms with Gasteiger partial charge in [0.2, 0.25) is 5.88 Å². The van der Waals surface area contributed by atoms with Crippen LogP contribution in [0.2, 0.25) is 0 Å². The molecule has 0 aliphatic carbocycles. The van der Waals surface area contributed by atoms with Crippen molar-refractivity contribution >= 4 is 21.2 Å². The summed E-state index contributed by atoms with van der Waals surface area (Å²) < 4.78 is 67.2. The molecule has 1 aliphatic rings. The summed E-state index contributed by atoms with van der Waals surface area (Å²) in [5, 5.41) is 11.1. The zero-order valence-corrected chi connectivity index (χ0v) is 15.9. The van der Waals surface area contributed by atoms with E-state index in [1.54, 1.807) is 4.90 Å². The molecule has 12 heteroatoms. The zero-order chi connectivity index (χ0) is 21.4. The van der Waals surface area contributed by atoms with E-state index in [0.29, 0.717) is 31.4 Å². The van der Waals surface area contributed by atoms with E-state index in [0.717, 1.165) is 24.5 Å². The monoisotopic (exact) mass is 431 g/mol. The Hall–Kier alpha value is -2.89. The fourth-order valence-corrected chi connectivity index (χ4v) is 3.85. The molecular formula is C17H16F3N3O5S. The van der Waals surface area contributed by atoms with Crippen LogP contribution >= 0.6 is 0 Å². The average Bonchev–Trinajstić information content (AvgIpc) is 3.08. The van der Waals surface area contributed by atoms with Gasteiger partial charge in [-0.25, -0.2) is 13.4 Å².